The van der Waals surface area contributed by atoms with E-state index in [2.05, 4.69) is 5.32 Å². The predicted octanol–water partition coefficient (Wildman–Crippen LogP) is 0.659. The van der Waals surface area contributed by atoms with Crippen molar-refractivity contribution in [2.75, 3.05) is 20.1 Å². The van der Waals surface area contributed by atoms with Crippen molar-refractivity contribution >= 4 is 18.0 Å². The molecule has 3 atom stereocenters. The van der Waals surface area contributed by atoms with E-state index in [1.807, 2.05) is 11.9 Å². The van der Waals surface area contributed by atoms with Gasteiger partial charge < -0.3 is 25.0 Å². The van der Waals surface area contributed by atoms with Crippen molar-refractivity contribution in [2.45, 2.75) is 63.8 Å². The van der Waals surface area contributed by atoms with E-state index in [0.717, 1.165) is 13.0 Å². The summed E-state index contributed by atoms with van der Waals surface area (Å²) in [5, 5.41) is 12.0. The number of rotatable bonds is 2. The Labute approximate surface area is 142 Å². The fraction of sp³-hybridized carbons (Fsp3) is 0.812. The van der Waals surface area contributed by atoms with Crippen LogP contribution in [-0.4, -0.2) is 76.7 Å². The molecule has 0 aromatic heterocycles. The molecule has 0 radical (unpaired) electrons. The van der Waals surface area contributed by atoms with E-state index in [-0.39, 0.29) is 11.9 Å². The van der Waals surface area contributed by atoms with Crippen molar-refractivity contribution < 1.29 is 24.2 Å². The number of ether oxygens (including phenoxy) is 1. The van der Waals surface area contributed by atoms with E-state index in [1.54, 1.807) is 20.8 Å². The highest BCUT2D eigenvalue weighted by Gasteiger charge is 2.44. The molecule has 2 heterocycles. The van der Waals surface area contributed by atoms with E-state index in [1.165, 1.54) is 4.90 Å². The van der Waals surface area contributed by atoms with Crippen LogP contribution in [0.3, 0.4) is 0 Å². The number of hydrogen-bond donors (Lipinski definition) is 2. The molecule has 136 valence electrons. The average Bonchev–Trinajstić information content (AvgIpc) is 2.84. The third-order valence-electron chi connectivity index (χ3n) is 4.37. The van der Waals surface area contributed by atoms with Crippen LogP contribution in [0.1, 0.15) is 40.0 Å². The van der Waals surface area contributed by atoms with Gasteiger partial charge >= 0.3 is 12.1 Å². The molecule has 2 amide bonds. The van der Waals surface area contributed by atoms with Crippen molar-refractivity contribution in [2.24, 2.45) is 0 Å². The Bertz CT molecular complexity index is 516. The summed E-state index contributed by atoms with van der Waals surface area (Å²) in [4.78, 5) is 39.9. The number of carboxylic acids is 1. The largest absolute Gasteiger partial charge is 0.480 e. The monoisotopic (exact) mass is 341 g/mol. The molecule has 8 nitrogen and oxygen atoms in total. The lowest BCUT2D eigenvalue weighted by atomic mass is 10.1. The van der Waals surface area contributed by atoms with Gasteiger partial charge in [0.15, 0.2) is 0 Å². The first-order chi connectivity index (χ1) is 11.1. The minimum atomic E-state index is -0.990. The number of alkyl carbamates (subject to hydrolysis) is 1. The molecular weight excluding hydrogens is 314 g/mol. The minimum absolute atomic E-state index is 0.0933. The number of carboxylic acid groups (broad SMARTS) is 1. The molecule has 0 bridgehead atoms. The van der Waals surface area contributed by atoms with Gasteiger partial charge in [-0.1, -0.05) is 0 Å². The van der Waals surface area contributed by atoms with Gasteiger partial charge in [-0.2, -0.15) is 0 Å². The molecule has 2 fully saturated rings. The van der Waals surface area contributed by atoms with Gasteiger partial charge in [-0.05, 0) is 53.6 Å². The van der Waals surface area contributed by atoms with Crippen molar-refractivity contribution in [1.29, 1.82) is 0 Å². The Morgan fingerprint density at radius 2 is 1.92 bits per heavy atom. The van der Waals surface area contributed by atoms with E-state index >= 15 is 0 Å². The average molecular weight is 341 g/mol. The maximum Gasteiger partial charge on any atom is 0.408 e. The highest BCUT2D eigenvalue weighted by Crippen LogP contribution is 2.29. The lowest BCUT2D eigenvalue weighted by Gasteiger charge is -2.37. The molecule has 0 aromatic carbocycles. The standard InChI is InChI=1S/C16H27N3O5/c1-16(2,3)24-15(23)17-11-9-18(4)8-7-10-5-6-12(14(21)22)19(10)13(11)20/h10-12H,5-9H2,1-4H3,(H,17,23)(H,21,22). The second kappa shape index (κ2) is 6.96. The van der Waals surface area contributed by atoms with Crippen molar-refractivity contribution in [3.05, 3.63) is 0 Å². The Kier molecular flexibility index (Phi) is 5.37. The maximum absolute atomic E-state index is 12.9. The van der Waals surface area contributed by atoms with Gasteiger partial charge in [0.2, 0.25) is 5.91 Å². The van der Waals surface area contributed by atoms with Crippen LogP contribution in [0, 0.1) is 0 Å². The van der Waals surface area contributed by atoms with E-state index in [0.29, 0.717) is 19.4 Å². The van der Waals surface area contributed by atoms with E-state index in [4.69, 9.17) is 4.74 Å². The van der Waals surface area contributed by atoms with Crippen molar-refractivity contribution in [3.8, 4) is 0 Å². The first-order valence-electron chi connectivity index (χ1n) is 8.31. The Morgan fingerprint density at radius 3 is 2.50 bits per heavy atom. The summed E-state index contributed by atoms with van der Waals surface area (Å²) >= 11 is 0. The highest BCUT2D eigenvalue weighted by atomic mass is 16.6. The zero-order chi connectivity index (χ0) is 18.1. The molecule has 0 saturated carbocycles. The molecule has 3 unspecified atom stereocenters. The zero-order valence-electron chi connectivity index (χ0n) is 14.7. The number of carbonyl (C=O) groups is 3. The molecule has 2 saturated heterocycles. The fourth-order valence-corrected chi connectivity index (χ4v) is 3.33. The number of aliphatic carboxylic acids is 1. The van der Waals surface area contributed by atoms with Crippen LogP contribution in [-0.2, 0) is 14.3 Å². The lowest BCUT2D eigenvalue weighted by Crippen LogP contribution is -2.59. The first-order valence-corrected chi connectivity index (χ1v) is 8.31. The van der Waals surface area contributed by atoms with Crippen LogP contribution < -0.4 is 5.32 Å². The summed E-state index contributed by atoms with van der Waals surface area (Å²) in [7, 11) is 1.89. The minimum Gasteiger partial charge on any atom is -0.480 e. The SMILES string of the molecule is CN1CCC2CCC(C(=O)O)N2C(=O)C(NC(=O)OC(C)(C)C)C1. The van der Waals surface area contributed by atoms with Crippen molar-refractivity contribution in [1.82, 2.24) is 15.1 Å². The van der Waals surface area contributed by atoms with Gasteiger partial charge in [0.1, 0.15) is 17.7 Å². The number of fused-ring (bicyclic) bond motifs is 1. The molecule has 0 aromatic rings. The third-order valence-corrected chi connectivity index (χ3v) is 4.37. The van der Waals surface area contributed by atoms with Gasteiger partial charge in [-0.15, -0.1) is 0 Å². The van der Waals surface area contributed by atoms with Crippen LogP contribution in [0.2, 0.25) is 0 Å². The van der Waals surface area contributed by atoms with Gasteiger partial charge in [-0.3, -0.25) is 4.79 Å². The Hall–Kier alpha value is -1.83. The summed E-state index contributed by atoms with van der Waals surface area (Å²) in [5.74, 6) is -1.34. The third kappa shape index (κ3) is 4.37. The summed E-state index contributed by atoms with van der Waals surface area (Å²) in [5.41, 5.74) is -0.666. The number of nitrogens with zero attached hydrogens (tertiary/aromatic N) is 2. The highest BCUT2D eigenvalue weighted by molar-refractivity contribution is 5.90. The molecular formula is C16H27N3O5. The van der Waals surface area contributed by atoms with E-state index in [9.17, 15) is 19.5 Å². The number of carbonyl (C=O) groups excluding carboxylic acids is 2. The molecule has 2 aliphatic heterocycles. The van der Waals surface area contributed by atoms with Crippen molar-refractivity contribution in [3.63, 3.8) is 0 Å². The summed E-state index contributed by atoms with van der Waals surface area (Å²) in [6.45, 7) is 6.31. The van der Waals surface area contributed by atoms with Gasteiger partial charge in [0.05, 0.1) is 0 Å². The number of nitrogens with one attached hydrogen (secondary N) is 1. The molecule has 24 heavy (non-hydrogen) atoms. The summed E-state index contributed by atoms with van der Waals surface area (Å²) in [6.07, 6.45) is 1.20. The van der Waals surface area contributed by atoms with Crippen LogP contribution in [0.15, 0.2) is 0 Å². The van der Waals surface area contributed by atoms with Crippen LogP contribution in [0.5, 0.6) is 0 Å². The van der Waals surface area contributed by atoms with E-state index < -0.39 is 29.7 Å². The topological polar surface area (TPSA) is 99.2 Å². The Balaban J connectivity index is 2.17. The quantitative estimate of drug-likeness (QED) is 0.765. The Morgan fingerprint density at radius 1 is 1.25 bits per heavy atom. The fourth-order valence-electron chi connectivity index (χ4n) is 3.33. The molecule has 2 aliphatic rings. The molecule has 2 rings (SSSR count). The normalized spacial score (nSPS) is 28.8. The summed E-state index contributed by atoms with van der Waals surface area (Å²) < 4.78 is 5.23. The van der Waals surface area contributed by atoms with Crippen LogP contribution in [0.4, 0.5) is 4.79 Å². The van der Waals surface area contributed by atoms with Crippen LogP contribution >= 0.6 is 0 Å². The van der Waals surface area contributed by atoms with Gasteiger partial charge in [-0.25, -0.2) is 9.59 Å². The smallest absolute Gasteiger partial charge is 0.408 e. The number of likely N-dealkylation sites (N-methyl/N-ethyl adjacent to an activating group) is 1. The second-order valence-electron chi connectivity index (χ2n) is 7.58. The number of hydrogen-bond acceptors (Lipinski definition) is 5. The van der Waals surface area contributed by atoms with Gasteiger partial charge in [0, 0.05) is 12.6 Å². The molecule has 2 N–H and O–H groups in total. The second-order valence-corrected chi connectivity index (χ2v) is 7.58. The molecule has 8 heteroatoms. The van der Waals surface area contributed by atoms with Crippen LogP contribution in [0.25, 0.3) is 0 Å². The molecule has 0 spiro atoms. The lowest BCUT2D eigenvalue weighted by molar-refractivity contribution is -0.151. The first kappa shape index (κ1) is 18.5. The maximum atomic E-state index is 12.9. The van der Waals surface area contributed by atoms with Gasteiger partial charge in [0.25, 0.3) is 0 Å². The number of amides is 2. The summed E-state index contributed by atoms with van der Waals surface area (Å²) in [6, 6.07) is -1.72. The molecule has 0 aliphatic carbocycles. The predicted molar refractivity (Wildman–Crippen MR) is 86.6 cm³/mol. The zero-order valence-corrected chi connectivity index (χ0v) is 14.7.